The van der Waals surface area contributed by atoms with Crippen molar-refractivity contribution in [3.63, 3.8) is 0 Å². The SMILES string of the molecule is C=CCOc1ccc(O)c(O)c1. The number of aromatic hydroxyl groups is 2. The number of rotatable bonds is 3. The Morgan fingerprint density at radius 3 is 2.67 bits per heavy atom. The molecule has 3 nitrogen and oxygen atoms in total. The summed E-state index contributed by atoms with van der Waals surface area (Å²) in [5.74, 6) is 0.169. The second kappa shape index (κ2) is 3.67. The monoisotopic (exact) mass is 166 g/mol. The third kappa shape index (κ3) is 1.92. The van der Waals surface area contributed by atoms with Gasteiger partial charge in [-0.25, -0.2) is 0 Å². The molecule has 0 spiro atoms. The molecule has 64 valence electrons. The van der Waals surface area contributed by atoms with Gasteiger partial charge in [0, 0.05) is 6.07 Å². The zero-order valence-electron chi connectivity index (χ0n) is 6.53. The van der Waals surface area contributed by atoms with E-state index in [0.717, 1.165) is 0 Å². The molecule has 0 fully saturated rings. The Kier molecular flexibility index (Phi) is 2.58. The first-order valence-electron chi connectivity index (χ1n) is 3.49. The van der Waals surface area contributed by atoms with E-state index in [0.29, 0.717) is 12.4 Å². The van der Waals surface area contributed by atoms with E-state index in [4.69, 9.17) is 14.9 Å². The highest BCUT2D eigenvalue weighted by Crippen LogP contribution is 2.28. The number of benzene rings is 1. The van der Waals surface area contributed by atoms with Crippen molar-refractivity contribution in [2.24, 2.45) is 0 Å². The maximum Gasteiger partial charge on any atom is 0.161 e. The maximum absolute atomic E-state index is 9.04. The highest BCUT2D eigenvalue weighted by atomic mass is 16.5. The minimum absolute atomic E-state index is 0.152. The van der Waals surface area contributed by atoms with Gasteiger partial charge in [-0.05, 0) is 12.1 Å². The van der Waals surface area contributed by atoms with Crippen LogP contribution in [0.5, 0.6) is 17.2 Å². The molecule has 2 N–H and O–H groups in total. The van der Waals surface area contributed by atoms with E-state index in [1.165, 1.54) is 12.1 Å². The van der Waals surface area contributed by atoms with E-state index in [-0.39, 0.29) is 11.5 Å². The minimum Gasteiger partial charge on any atom is -0.504 e. The van der Waals surface area contributed by atoms with Crippen LogP contribution < -0.4 is 4.74 Å². The molecule has 3 heteroatoms. The number of phenolic OH excluding ortho intramolecular Hbond substituents is 2. The Bertz CT molecular complexity index is 281. The van der Waals surface area contributed by atoms with Crippen molar-refractivity contribution in [3.05, 3.63) is 30.9 Å². The molecule has 0 aromatic heterocycles. The summed E-state index contributed by atoms with van der Waals surface area (Å²) in [7, 11) is 0. The Hall–Kier alpha value is -1.64. The summed E-state index contributed by atoms with van der Waals surface area (Å²) in [5, 5.41) is 18.0. The first-order valence-corrected chi connectivity index (χ1v) is 3.49. The fraction of sp³-hybridized carbons (Fsp3) is 0.111. The van der Waals surface area contributed by atoms with Crippen LogP contribution in [0.3, 0.4) is 0 Å². The quantitative estimate of drug-likeness (QED) is 0.530. The lowest BCUT2D eigenvalue weighted by atomic mass is 10.3. The third-order valence-electron chi connectivity index (χ3n) is 1.31. The van der Waals surface area contributed by atoms with Crippen molar-refractivity contribution in [2.45, 2.75) is 0 Å². The van der Waals surface area contributed by atoms with Crippen molar-refractivity contribution in [1.29, 1.82) is 0 Å². The first-order chi connectivity index (χ1) is 5.74. The van der Waals surface area contributed by atoms with Crippen molar-refractivity contribution in [2.75, 3.05) is 6.61 Å². The van der Waals surface area contributed by atoms with Gasteiger partial charge in [0.15, 0.2) is 11.5 Å². The Morgan fingerprint density at radius 1 is 1.33 bits per heavy atom. The van der Waals surface area contributed by atoms with Gasteiger partial charge in [0.1, 0.15) is 12.4 Å². The van der Waals surface area contributed by atoms with Gasteiger partial charge in [-0.1, -0.05) is 12.7 Å². The van der Waals surface area contributed by atoms with Crippen LogP contribution in [-0.2, 0) is 0 Å². The smallest absolute Gasteiger partial charge is 0.161 e. The van der Waals surface area contributed by atoms with Crippen LogP contribution >= 0.6 is 0 Å². The van der Waals surface area contributed by atoms with Gasteiger partial charge in [0.05, 0.1) is 0 Å². The summed E-state index contributed by atoms with van der Waals surface area (Å²) in [5.41, 5.74) is 0. The van der Waals surface area contributed by atoms with E-state index in [2.05, 4.69) is 6.58 Å². The number of ether oxygens (including phenoxy) is 1. The van der Waals surface area contributed by atoms with Gasteiger partial charge in [-0.15, -0.1) is 0 Å². The molecule has 0 aliphatic carbocycles. The van der Waals surface area contributed by atoms with Crippen LogP contribution in [0.25, 0.3) is 0 Å². The van der Waals surface area contributed by atoms with Gasteiger partial charge in [-0.3, -0.25) is 0 Å². The molecule has 0 radical (unpaired) electrons. The van der Waals surface area contributed by atoms with E-state index < -0.39 is 0 Å². The fourth-order valence-electron chi connectivity index (χ4n) is 0.748. The van der Waals surface area contributed by atoms with Crippen molar-refractivity contribution >= 4 is 0 Å². The first kappa shape index (κ1) is 8.46. The molecule has 0 atom stereocenters. The molecule has 0 heterocycles. The lowest BCUT2D eigenvalue weighted by molar-refractivity contribution is 0.354. The van der Waals surface area contributed by atoms with Gasteiger partial charge in [0.2, 0.25) is 0 Å². The highest BCUT2D eigenvalue weighted by molar-refractivity contribution is 5.43. The van der Waals surface area contributed by atoms with E-state index in [1.807, 2.05) is 0 Å². The van der Waals surface area contributed by atoms with E-state index in [1.54, 1.807) is 12.1 Å². The average Bonchev–Trinajstić information content (AvgIpc) is 2.07. The maximum atomic E-state index is 9.04. The largest absolute Gasteiger partial charge is 0.504 e. The zero-order valence-corrected chi connectivity index (χ0v) is 6.53. The second-order valence-electron chi connectivity index (χ2n) is 2.25. The molecule has 1 aromatic rings. The Morgan fingerprint density at radius 2 is 2.08 bits per heavy atom. The molecule has 12 heavy (non-hydrogen) atoms. The van der Waals surface area contributed by atoms with Gasteiger partial charge in [0.25, 0.3) is 0 Å². The normalized spacial score (nSPS) is 9.33. The number of hydrogen-bond acceptors (Lipinski definition) is 3. The van der Waals surface area contributed by atoms with Crippen LogP contribution in [-0.4, -0.2) is 16.8 Å². The molecular formula is C9H10O3. The van der Waals surface area contributed by atoms with Crippen LogP contribution in [0.1, 0.15) is 0 Å². The predicted molar refractivity (Wildman–Crippen MR) is 45.5 cm³/mol. The topological polar surface area (TPSA) is 49.7 Å². The fourth-order valence-corrected chi connectivity index (χ4v) is 0.748. The number of phenols is 2. The molecule has 1 aromatic carbocycles. The summed E-state index contributed by atoms with van der Waals surface area (Å²) < 4.78 is 5.10. The Balaban J connectivity index is 2.75. The molecule has 1 rings (SSSR count). The van der Waals surface area contributed by atoms with Crippen molar-refractivity contribution in [1.82, 2.24) is 0 Å². The van der Waals surface area contributed by atoms with E-state index in [9.17, 15) is 0 Å². The Labute approximate surface area is 70.5 Å². The molecule has 0 aliphatic heterocycles. The van der Waals surface area contributed by atoms with Crippen LogP contribution in [0, 0.1) is 0 Å². The zero-order chi connectivity index (χ0) is 8.97. The minimum atomic E-state index is -0.184. The van der Waals surface area contributed by atoms with Gasteiger partial charge in [-0.2, -0.15) is 0 Å². The summed E-state index contributed by atoms with van der Waals surface area (Å²) in [6, 6.07) is 4.28. The molecule has 0 aliphatic rings. The second-order valence-corrected chi connectivity index (χ2v) is 2.25. The van der Waals surface area contributed by atoms with Gasteiger partial charge >= 0.3 is 0 Å². The van der Waals surface area contributed by atoms with Crippen LogP contribution in [0.2, 0.25) is 0 Å². The third-order valence-corrected chi connectivity index (χ3v) is 1.31. The van der Waals surface area contributed by atoms with Crippen molar-refractivity contribution < 1.29 is 14.9 Å². The average molecular weight is 166 g/mol. The molecular weight excluding hydrogens is 156 g/mol. The molecule has 0 saturated heterocycles. The van der Waals surface area contributed by atoms with Gasteiger partial charge < -0.3 is 14.9 Å². The lowest BCUT2D eigenvalue weighted by Gasteiger charge is -2.03. The summed E-state index contributed by atoms with van der Waals surface area (Å²) in [6.07, 6.45) is 1.60. The number of hydrogen-bond donors (Lipinski definition) is 2. The molecule has 0 unspecified atom stereocenters. The standard InChI is InChI=1S/C9H10O3/c1-2-5-12-7-3-4-8(10)9(11)6-7/h2-4,6,10-11H,1,5H2. The lowest BCUT2D eigenvalue weighted by Crippen LogP contribution is -1.91. The van der Waals surface area contributed by atoms with Crippen LogP contribution in [0.15, 0.2) is 30.9 Å². The highest BCUT2D eigenvalue weighted by Gasteiger charge is 1.99. The summed E-state index contributed by atoms with van der Waals surface area (Å²) in [6.45, 7) is 3.86. The summed E-state index contributed by atoms with van der Waals surface area (Å²) in [4.78, 5) is 0. The van der Waals surface area contributed by atoms with E-state index >= 15 is 0 Å². The van der Waals surface area contributed by atoms with Crippen molar-refractivity contribution in [3.8, 4) is 17.2 Å². The molecule has 0 saturated carbocycles. The molecule has 0 bridgehead atoms. The molecule has 0 amide bonds. The van der Waals surface area contributed by atoms with Crippen LogP contribution in [0.4, 0.5) is 0 Å². The predicted octanol–water partition coefficient (Wildman–Crippen LogP) is 1.66. The summed E-state index contributed by atoms with van der Waals surface area (Å²) >= 11 is 0.